The van der Waals surface area contributed by atoms with E-state index >= 15 is 0 Å². The van der Waals surface area contributed by atoms with Gasteiger partial charge < -0.3 is 19.6 Å². The highest BCUT2D eigenvalue weighted by atomic mass is 15.3. The van der Waals surface area contributed by atoms with Crippen LogP contribution in [-0.4, -0.2) is 85.0 Å². The summed E-state index contributed by atoms with van der Waals surface area (Å²) in [5.74, 6) is 0.859. The monoisotopic (exact) mass is 398 g/mol. The molecule has 3 fully saturated rings. The Hall–Kier alpha value is -1.76. The second-order valence-electron chi connectivity index (χ2n) is 8.89. The van der Waals surface area contributed by atoms with Gasteiger partial charge in [-0.2, -0.15) is 0 Å². The number of allylic oxidation sites excluding steroid dienone is 1. The van der Waals surface area contributed by atoms with Gasteiger partial charge in [0.05, 0.1) is 12.6 Å². The molecule has 29 heavy (non-hydrogen) atoms. The molecule has 0 amide bonds. The molecule has 6 heteroatoms. The fraction of sp³-hybridized carbons (Fsp3) is 0.826. The third kappa shape index (κ3) is 6.11. The molecule has 0 unspecified atom stereocenters. The first kappa shape index (κ1) is 21.9. The van der Waals surface area contributed by atoms with Crippen molar-refractivity contribution in [3.8, 4) is 6.07 Å². The first-order chi connectivity index (χ1) is 14.2. The largest absolute Gasteiger partial charge is 0.369 e. The average Bonchev–Trinajstić information content (AvgIpc) is 2.79. The first-order valence-corrected chi connectivity index (χ1v) is 11.7. The van der Waals surface area contributed by atoms with Crippen LogP contribution in [0.4, 0.5) is 0 Å². The van der Waals surface area contributed by atoms with Gasteiger partial charge in [-0.3, -0.25) is 0 Å². The molecule has 3 aliphatic rings. The summed E-state index contributed by atoms with van der Waals surface area (Å²) < 4.78 is 0. The molecule has 0 spiro atoms. The minimum Gasteiger partial charge on any atom is -0.369 e. The van der Waals surface area contributed by atoms with E-state index in [4.69, 9.17) is 6.57 Å². The Balaban J connectivity index is 1.55. The summed E-state index contributed by atoms with van der Waals surface area (Å²) in [7, 11) is 2.06. The van der Waals surface area contributed by atoms with Crippen LogP contribution < -0.4 is 0 Å². The zero-order valence-corrected chi connectivity index (χ0v) is 18.3. The maximum absolute atomic E-state index is 9.57. The van der Waals surface area contributed by atoms with E-state index in [1.54, 1.807) is 0 Å². The van der Waals surface area contributed by atoms with E-state index in [2.05, 4.69) is 37.6 Å². The molecule has 160 valence electrons. The molecule has 3 heterocycles. The highest BCUT2D eigenvalue weighted by Gasteiger charge is 2.28. The Morgan fingerprint density at radius 2 is 1.62 bits per heavy atom. The van der Waals surface area contributed by atoms with E-state index in [-0.39, 0.29) is 5.70 Å². The van der Waals surface area contributed by atoms with E-state index in [9.17, 15) is 5.26 Å². The van der Waals surface area contributed by atoms with Crippen LogP contribution in [0.15, 0.2) is 11.5 Å². The van der Waals surface area contributed by atoms with Gasteiger partial charge in [0.1, 0.15) is 5.82 Å². The van der Waals surface area contributed by atoms with Crippen LogP contribution >= 0.6 is 0 Å². The van der Waals surface area contributed by atoms with Crippen molar-refractivity contribution < 1.29 is 0 Å². The lowest BCUT2D eigenvalue weighted by molar-refractivity contribution is 0.0915. The second-order valence-corrected chi connectivity index (χ2v) is 8.89. The molecule has 0 aliphatic carbocycles. The lowest BCUT2D eigenvalue weighted by Gasteiger charge is -2.43. The van der Waals surface area contributed by atoms with E-state index in [0.717, 1.165) is 51.3 Å². The molecule has 3 aliphatic heterocycles. The molecular weight excluding hydrogens is 360 g/mol. The topological polar surface area (TPSA) is 41.1 Å². The number of hydrogen-bond acceptors (Lipinski definition) is 5. The molecule has 0 aromatic heterocycles. The number of piperidine rings is 3. The predicted molar refractivity (Wildman–Crippen MR) is 117 cm³/mol. The molecule has 0 aromatic rings. The third-order valence-corrected chi connectivity index (χ3v) is 6.88. The van der Waals surface area contributed by atoms with Crippen LogP contribution in [0.1, 0.15) is 57.8 Å². The Morgan fingerprint density at radius 3 is 2.21 bits per heavy atom. The fourth-order valence-corrected chi connectivity index (χ4v) is 5.24. The van der Waals surface area contributed by atoms with Gasteiger partial charge in [0, 0.05) is 32.7 Å². The van der Waals surface area contributed by atoms with Gasteiger partial charge in [-0.15, -0.1) is 0 Å². The summed E-state index contributed by atoms with van der Waals surface area (Å²) in [5.41, 5.74) is 0.252. The molecule has 0 aromatic carbocycles. The Labute approximate surface area is 177 Å². The zero-order valence-electron chi connectivity index (χ0n) is 18.3. The van der Waals surface area contributed by atoms with Crippen molar-refractivity contribution in [2.24, 2.45) is 0 Å². The van der Waals surface area contributed by atoms with Crippen molar-refractivity contribution in [2.75, 3.05) is 59.4 Å². The van der Waals surface area contributed by atoms with Crippen molar-refractivity contribution in [1.82, 2.24) is 19.6 Å². The summed E-state index contributed by atoms with van der Waals surface area (Å²) in [4.78, 5) is 13.3. The lowest BCUT2D eigenvalue weighted by atomic mass is 10.00. The van der Waals surface area contributed by atoms with Crippen molar-refractivity contribution in [1.29, 1.82) is 5.26 Å². The second kappa shape index (κ2) is 11.4. The van der Waals surface area contributed by atoms with Crippen LogP contribution in [0.3, 0.4) is 0 Å². The van der Waals surface area contributed by atoms with E-state index in [1.807, 2.05) is 0 Å². The van der Waals surface area contributed by atoms with Gasteiger partial charge in [0.2, 0.25) is 0 Å². The molecule has 3 saturated heterocycles. The zero-order chi connectivity index (χ0) is 20.5. The summed E-state index contributed by atoms with van der Waals surface area (Å²) in [6.45, 7) is 16.4. The quantitative estimate of drug-likeness (QED) is 0.486. The minimum absolute atomic E-state index is 0.252. The summed E-state index contributed by atoms with van der Waals surface area (Å²) >= 11 is 0. The van der Waals surface area contributed by atoms with E-state index < -0.39 is 0 Å². The number of nitriles is 1. The molecule has 0 atom stereocenters. The van der Waals surface area contributed by atoms with Crippen LogP contribution in [0, 0.1) is 17.9 Å². The van der Waals surface area contributed by atoms with Gasteiger partial charge in [-0.05, 0) is 77.7 Å². The number of likely N-dealkylation sites (tertiary alicyclic amines) is 3. The van der Waals surface area contributed by atoms with Crippen LogP contribution in [0.5, 0.6) is 0 Å². The Kier molecular flexibility index (Phi) is 8.65. The molecular formula is C23H38N6. The molecule has 0 N–H and O–H groups in total. The molecule has 6 nitrogen and oxygen atoms in total. The average molecular weight is 399 g/mol. The molecule has 0 radical (unpaired) electrons. The van der Waals surface area contributed by atoms with E-state index in [0.29, 0.717) is 6.04 Å². The number of rotatable bonds is 7. The first-order valence-electron chi connectivity index (χ1n) is 11.7. The van der Waals surface area contributed by atoms with Gasteiger partial charge in [-0.1, -0.05) is 12.8 Å². The summed E-state index contributed by atoms with van der Waals surface area (Å²) in [5, 5.41) is 9.57. The Bertz CT molecular complexity index is 594. The van der Waals surface area contributed by atoms with Crippen molar-refractivity contribution in [3.63, 3.8) is 0 Å². The number of hydrogen-bond donors (Lipinski definition) is 0. The fourth-order valence-electron chi connectivity index (χ4n) is 5.24. The normalized spacial score (nSPS) is 23.2. The molecule has 3 rings (SSSR count). The number of nitrogens with zero attached hydrogens (tertiary/aromatic N) is 6. The summed E-state index contributed by atoms with van der Waals surface area (Å²) in [6.07, 6.45) is 11.4. The van der Waals surface area contributed by atoms with Gasteiger partial charge >= 0.3 is 5.70 Å². The predicted octanol–water partition coefficient (Wildman–Crippen LogP) is 3.36. The van der Waals surface area contributed by atoms with Gasteiger partial charge in [0.15, 0.2) is 0 Å². The maximum Gasteiger partial charge on any atom is 0.300 e. The van der Waals surface area contributed by atoms with Crippen molar-refractivity contribution in [2.45, 2.75) is 63.8 Å². The smallest absolute Gasteiger partial charge is 0.300 e. The third-order valence-electron chi connectivity index (χ3n) is 6.88. The van der Waals surface area contributed by atoms with Crippen molar-refractivity contribution >= 4 is 0 Å². The van der Waals surface area contributed by atoms with Gasteiger partial charge in [0.25, 0.3) is 0 Å². The highest BCUT2D eigenvalue weighted by Crippen LogP contribution is 2.25. The van der Waals surface area contributed by atoms with E-state index in [1.165, 1.54) is 64.7 Å². The maximum atomic E-state index is 9.57. The van der Waals surface area contributed by atoms with Crippen LogP contribution in [0.25, 0.3) is 4.85 Å². The molecule has 0 bridgehead atoms. The van der Waals surface area contributed by atoms with Crippen LogP contribution in [0.2, 0.25) is 0 Å². The SMILES string of the molecule is [C-]#[N+]/C(C#N)=C(\N(C)CCCN1CCCCC1)N1CCC(N2CCCCC2)CC1. The van der Waals surface area contributed by atoms with Gasteiger partial charge in [-0.25, -0.2) is 10.1 Å². The standard InChI is InChI=1S/C23H38N6/c1-25-22(20-24)23(26(2)12-9-15-27-13-5-3-6-14-27)29-18-10-21(11-19-29)28-16-7-4-8-17-28/h21H,3-19H2,2H3/b23-22+. The summed E-state index contributed by atoms with van der Waals surface area (Å²) in [6, 6.07) is 2.84. The van der Waals surface area contributed by atoms with Crippen LogP contribution in [-0.2, 0) is 0 Å². The minimum atomic E-state index is 0.252. The highest BCUT2D eigenvalue weighted by molar-refractivity contribution is 5.32. The van der Waals surface area contributed by atoms with Crippen molar-refractivity contribution in [3.05, 3.63) is 22.9 Å². The lowest BCUT2D eigenvalue weighted by Crippen LogP contribution is -2.48. The molecule has 0 saturated carbocycles. The Morgan fingerprint density at radius 1 is 1.00 bits per heavy atom.